The predicted molar refractivity (Wildman–Crippen MR) is 71.3 cm³/mol. The van der Waals surface area contributed by atoms with E-state index in [1.807, 2.05) is 6.20 Å². The summed E-state index contributed by atoms with van der Waals surface area (Å²) in [5, 5.41) is 0. The molecule has 0 N–H and O–H groups in total. The van der Waals surface area contributed by atoms with Gasteiger partial charge in [0.25, 0.3) is 0 Å². The maximum absolute atomic E-state index is 5.76. The Balaban J connectivity index is 2.61. The van der Waals surface area contributed by atoms with E-state index in [2.05, 4.69) is 44.8 Å². The molecule has 0 unspecified atom stereocenters. The van der Waals surface area contributed by atoms with Gasteiger partial charge in [-0.2, -0.15) is 0 Å². The summed E-state index contributed by atoms with van der Waals surface area (Å²) >= 11 is 0. The predicted octanol–water partition coefficient (Wildman–Crippen LogP) is 4.03. The van der Waals surface area contributed by atoms with Crippen LogP contribution in [0.1, 0.15) is 51.2 Å². The molecule has 2 heterocycles. The zero-order valence-corrected chi connectivity index (χ0v) is 11.2. The van der Waals surface area contributed by atoms with E-state index in [4.69, 9.17) is 4.74 Å². The third kappa shape index (κ3) is 2.36. The summed E-state index contributed by atoms with van der Waals surface area (Å²) in [4.78, 5) is 4.39. The maximum Gasteiger partial charge on any atom is 0.221 e. The van der Waals surface area contributed by atoms with E-state index in [1.54, 1.807) is 0 Å². The Morgan fingerprint density at radius 3 is 2.59 bits per heavy atom. The summed E-state index contributed by atoms with van der Waals surface area (Å²) in [6.07, 6.45) is 5.14. The topological polar surface area (TPSA) is 22.1 Å². The van der Waals surface area contributed by atoms with Crippen molar-refractivity contribution in [3.05, 3.63) is 29.5 Å². The van der Waals surface area contributed by atoms with Crippen LogP contribution < -0.4 is 4.74 Å². The number of hydrogen-bond donors (Lipinski definition) is 0. The highest BCUT2D eigenvalue weighted by Crippen LogP contribution is 2.37. The molecular weight excluding hydrogens is 210 g/mol. The van der Waals surface area contributed by atoms with Crippen molar-refractivity contribution in [2.45, 2.75) is 40.0 Å². The summed E-state index contributed by atoms with van der Waals surface area (Å²) in [6.45, 7) is 9.64. The molecule has 0 aromatic carbocycles. The van der Waals surface area contributed by atoms with Gasteiger partial charge in [-0.05, 0) is 29.0 Å². The van der Waals surface area contributed by atoms with Crippen LogP contribution in [0.25, 0.3) is 5.57 Å². The number of aromatic nitrogens is 1. The van der Waals surface area contributed by atoms with E-state index < -0.39 is 0 Å². The Hall–Kier alpha value is -1.31. The number of ether oxygens (including phenoxy) is 1. The molecule has 2 heteroatoms. The molecule has 0 radical (unpaired) electrons. The highest BCUT2D eigenvalue weighted by molar-refractivity contribution is 5.74. The molecule has 92 valence electrons. The summed E-state index contributed by atoms with van der Waals surface area (Å²) in [5.74, 6) is 1.82. The summed E-state index contributed by atoms with van der Waals surface area (Å²) in [5.41, 5.74) is 3.96. The number of nitrogens with zero attached hydrogens (tertiary/aromatic N) is 1. The molecule has 0 bridgehead atoms. The number of fused-ring (bicyclic) bond motifs is 1. The first kappa shape index (κ1) is 12.2. The van der Waals surface area contributed by atoms with Gasteiger partial charge in [-0.15, -0.1) is 0 Å². The SMILES string of the molecule is CC(C)C1=CCCOc2nccc(C(C)C)c21. The molecule has 0 saturated carbocycles. The van der Waals surface area contributed by atoms with Crippen LogP contribution in [0.3, 0.4) is 0 Å². The first-order valence-corrected chi connectivity index (χ1v) is 6.43. The van der Waals surface area contributed by atoms with Gasteiger partial charge < -0.3 is 4.74 Å². The molecule has 1 aromatic heterocycles. The molecule has 0 aliphatic carbocycles. The highest BCUT2D eigenvalue weighted by Gasteiger charge is 2.21. The van der Waals surface area contributed by atoms with E-state index in [0.717, 1.165) is 18.9 Å². The van der Waals surface area contributed by atoms with Crippen molar-refractivity contribution in [2.75, 3.05) is 6.61 Å². The molecule has 0 fully saturated rings. The minimum atomic E-state index is 0.496. The van der Waals surface area contributed by atoms with Gasteiger partial charge in [-0.25, -0.2) is 4.98 Å². The van der Waals surface area contributed by atoms with Crippen molar-refractivity contribution in [1.29, 1.82) is 0 Å². The number of pyridine rings is 1. The lowest BCUT2D eigenvalue weighted by molar-refractivity contribution is 0.313. The molecular formula is C15H21NO. The maximum atomic E-state index is 5.76. The third-order valence-corrected chi connectivity index (χ3v) is 3.20. The Kier molecular flexibility index (Phi) is 3.51. The van der Waals surface area contributed by atoms with Crippen LogP contribution in [-0.4, -0.2) is 11.6 Å². The van der Waals surface area contributed by atoms with Gasteiger partial charge in [-0.1, -0.05) is 33.8 Å². The second-order valence-corrected chi connectivity index (χ2v) is 5.19. The monoisotopic (exact) mass is 231 g/mol. The van der Waals surface area contributed by atoms with Crippen molar-refractivity contribution >= 4 is 5.57 Å². The van der Waals surface area contributed by atoms with Crippen LogP contribution in [0, 0.1) is 5.92 Å². The Morgan fingerprint density at radius 2 is 1.94 bits per heavy atom. The lowest BCUT2D eigenvalue weighted by atomic mass is 9.88. The van der Waals surface area contributed by atoms with E-state index in [1.165, 1.54) is 16.7 Å². The van der Waals surface area contributed by atoms with Crippen LogP contribution >= 0.6 is 0 Å². The quantitative estimate of drug-likeness (QED) is 0.766. The first-order chi connectivity index (χ1) is 8.11. The van der Waals surface area contributed by atoms with Crippen LogP contribution in [0.2, 0.25) is 0 Å². The average molecular weight is 231 g/mol. The molecule has 2 rings (SSSR count). The molecule has 17 heavy (non-hydrogen) atoms. The second kappa shape index (κ2) is 4.91. The molecule has 0 spiro atoms. The first-order valence-electron chi connectivity index (χ1n) is 6.43. The fourth-order valence-corrected chi connectivity index (χ4v) is 2.33. The zero-order chi connectivity index (χ0) is 12.4. The minimum Gasteiger partial charge on any atom is -0.477 e. The van der Waals surface area contributed by atoms with Crippen LogP contribution in [-0.2, 0) is 0 Å². The van der Waals surface area contributed by atoms with E-state index in [0.29, 0.717) is 11.8 Å². The Labute approximate surface area is 104 Å². The lowest BCUT2D eigenvalue weighted by Gasteiger charge is -2.19. The van der Waals surface area contributed by atoms with Crippen LogP contribution in [0.4, 0.5) is 0 Å². The fraction of sp³-hybridized carbons (Fsp3) is 0.533. The van der Waals surface area contributed by atoms with Gasteiger partial charge in [0.2, 0.25) is 5.88 Å². The van der Waals surface area contributed by atoms with E-state index in [9.17, 15) is 0 Å². The number of allylic oxidation sites excluding steroid dienone is 1. The fourth-order valence-electron chi connectivity index (χ4n) is 2.33. The Bertz CT molecular complexity index is 433. The van der Waals surface area contributed by atoms with Crippen molar-refractivity contribution in [3.63, 3.8) is 0 Å². The van der Waals surface area contributed by atoms with Gasteiger partial charge in [0.15, 0.2) is 0 Å². The van der Waals surface area contributed by atoms with Crippen molar-refractivity contribution in [1.82, 2.24) is 4.98 Å². The number of hydrogen-bond acceptors (Lipinski definition) is 2. The van der Waals surface area contributed by atoms with Crippen molar-refractivity contribution < 1.29 is 4.74 Å². The molecule has 1 aliphatic rings. The lowest BCUT2D eigenvalue weighted by Crippen LogP contribution is -2.04. The molecule has 0 saturated heterocycles. The third-order valence-electron chi connectivity index (χ3n) is 3.20. The standard InChI is InChI=1S/C15H21NO/c1-10(2)12-6-5-9-17-15-14(12)13(11(3)4)7-8-16-15/h6-8,10-11H,5,9H2,1-4H3. The zero-order valence-electron chi connectivity index (χ0n) is 11.2. The van der Waals surface area contributed by atoms with Gasteiger partial charge in [0, 0.05) is 18.2 Å². The van der Waals surface area contributed by atoms with Crippen LogP contribution in [0.5, 0.6) is 5.88 Å². The molecule has 1 aliphatic heterocycles. The normalized spacial score (nSPS) is 15.3. The Morgan fingerprint density at radius 1 is 1.18 bits per heavy atom. The van der Waals surface area contributed by atoms with Crippen molar-refractivity contribution in [2.24, 2.45) is 5.92 Å². The smallest absolute Gasteiger partial charge is 0.221 e. The van der Waals surface area contributed by atoms with Gasteiger partial charge >= 0.3 is 0 Å². The molecule has 0 atom stereocenters. The number of rotatable bonds is 2. The summed E-state index contributed by atoms with van der Waals surface area (Å²) in [7, 11) is 0. The second-order valence-electron chi connectivity index (χ2n) is 5.19. The summed E-state index contributed by atoms with van der Waals surface area (Å²) < 4.78 is 5.76. The summed E-state index contributed by atoms with van der Waals surface area (Å²) in [6, 6.07) is 2.12. The molecule has 2 nitrogen and oxygen atoms in total. The van der Waals surface area contributed by atoms with Gasteiger partial charge in [-0.3, -0.25) is 0 Å². The molecule has 1 aromatic rings. The minimum absolute atomic E-state index is 0.496. The van der Waals surface area contributed by atoms with Gasteiger partial charge in [0.1, 0.15) is 0 Å². The van der Waals surface area contributed by atoms with E-state index >= 15 is 0 Å². The molecule has 0 amide bonds. The highest BCUT2D eigenvalue weighted by atomic mass is 16.5. The van der Waals surface area contributed by atoms with E-state index in [-0.39, 0.29) is 0 Å². The van der Waals surface area contributed by atoms with Crippen LogP contribution in [0.15, 0.2) is 18.3 Å². The largest absolute Gasteiger partial charge is 0.477 e. The average Bonchev–Trinajstić information content (AvgIpc) is 2.50. The van der Waals surface area contributed by atoms with Crippen molar-refractivity contribution in [3.8, 4) is 5.88 Å². The van der Waals surface area contributed by atoms with Gasteiger partial charge in [0.05, 0.1) is 6.61 Å².